The third-order valence-electron chi connectivity index (χ3n) is 25.2. The van der Waals surface area contributed by atoms with E-state index >= 15 is 9.59 Å². The standard InChI is InChI=1S/C122H114Br2N2O2/c1-117(2,3)97-57-45-83(46-58-97)79-29-37-87(38-30-79)103-69-93(77-25-21-19-22-26-77)70-104(88-39-31-80(32-40-88)84-47-59-98(60-48-84)118(4,5)6)111(103)95-73-107(91-53-65-101(66-54-91)121(13,14)15)113(108(74-95)92-55-67-102(68-56-92)122(16,17)18)125-115(127)116(128)126-114-109(123)75-96(76-110(114)124)112-105(89-41-33-81(34-42-89)85-49-61-99(62-50-85)119(7,8)9)71-94(78-27-23-20-24-28-78)72-106(112)90-43-35-82(36-44-90)86-51-63-100(64-52-86)120(10,11)12/h19-76H,1-18H3,(H,125,127)(H,126,128). The lowest BCUT2D eigenvalue weighted by Gasteiger charge is -2.24. The molecule has 16 aromatic carbocycles. The minimum absolute atomic E-state index is 0.0110. The summed E-state index contributed by atoms with van der Waals surface area (Å²) in [4.78, 5) is 31.5. The molecule has 0 aromatic heterocycles. The van der Waals surface area contributed by atoms with Crippen LogP contribution in [0.25, 0.3) is 156 Å². The van der Waals surface area contributed by atoms with E-state index in [1.54, 1.807) is 0 Å². The van der Waals surface area contributed by atoms with E-state index in [1.807, 2.05) is 0 Å². The Labute approximate surface area is 776 Å². The summed E-state index contributed by atoms with van der Waals surface area (Å²) in [6.07, 6.45) is 0. The van der Waals surface area contributed by atoms with Crippen LogP contribution in [0.2, 0.25) is 0 Å². The summed E-state index contributed by atoms with van der Waals surface area (Å²) in [5, 5.41) is 6.51. The molecule has 16 rings (SSSR count). The lowest BCUT2D eigenvalue weighted by atomic mass is 9.81. The molecule has 0 saturated carbocycles. The smallest absolute Gasteiger partial charge is 0.314 e. The molecule has 0 fully saturated rings. The Kier molecular flexibility index (Phi) is 24.7. The van der Waals surface area contributed by atoms with Crippen LogP contribution in [0.3, 0.4) is 0 Å². The number of anilines is 2. The highest BCUT2D eigenvalue weighted by atomic mass is 79.9. The highest BCUT2D eigenvalue weighted by Crippen LogP contribution is 2.52. The number of halogens is 2. The topological polar surface area (TPSA) is 58.2 Å². The molecule has 0 aliphatic heterocycles. The van der Waals surface area contributed by atoms with Gasteiger partial charge in [0.25, 0.3) is 0 Å². The molecule has 0 unspecified atom stereocenters. The zero-order valence-corrected chi connectivity index (χ0v) is 80.2. The quantitative estimate of drug-likeness (QED) is 0.0947. The number of carbonyl (C=O) groups excluding carboxylic acids is 2. The van der Waals surface area contributed by atoms with Crippen molar-refractivity contribution < 1.29 is 9.59 Å². The van der Waals surface area contributed by atoms with Gasteiger partial charge in [-0.15, -0.1) is 0 Å². The zero-order valence-electron chi connectivity index (χ0n) is 77.1. The summed E-state index contributed by atoms with van der Waals surface area (Å²) in [6, 6.07) is 128. The van der Waals surface area contributed by atoms with Gasteiger partial charge >= 0.3 is 11.8 Å². The van der Waals surface area contributed by atoms with Crippen LogP contribution in [-0.2, 0) is 42.1 Å². The van der Waals surface area contributed by atoms with Gasteiger partial charge in [0, 0.05) is 20.1 Å². The van der Waals surface area contributed by atoms with Crippen LogP contribution < -0.4 is 10.6 Å². The fourth-order valence-corrected chi connectivity index (χ4v) is 18.7. The van der Waals surface area contributed by atoms with Gasteiger partial charge in [-0.2, -0.15) is 0 Å². The number of benzene rings is 16. The molecule has 0 atom stereocenters. The maximum absolute atomic E-state index is 15.9. The largest absolute Gasteiger partial charge is 0.317 e. The van der Waals surface area contributed by atoms with Crippen molar-refractivity contribution in [1.82, 2.24) is 0 Å². The number of hydrogen-bond acceptors (Lipinski definition) is 2. The van der Waals surface area contributed by atoms with Crippen molar-refractivity contribution in [2.45, 2.75) is 157 Å². The monoisotopic (exact) mass is 1800 g/mol. The van der Waals surface area contributed by atoms with Gasteiger partial charge in [-0.05, 0) is 291 Å². The Bertz CT molecular complexity index is 6400. The molecule has 0 bridgehead atoms. The molecule has 0 saturated heterocycles. The van der Waals surface area contributed by atoms with Crippen LogP contribution in [0.15, 0.2) is 361 Å². The Morgan fingerprint density at radius 2 is 0.344 bits per heavy atom. The van der Waals surface area contributed by atoms with E-state index in [4.69, 9.17) is 0 Å². The van der Waals surface area contributed by atoms with E-state index in [2.05, 4.69) is 519 Å². The average Bonchev–Trinajstić information content (AvgIpc) is 0.784. The number of carbonyl (C=O) groups is 2. The zero-order chi connectivity index (χ0) is 90.5. The van der Waals surface area contributed by atoms with Crippen molar-refractivity contribution in [1.29, 1.82) is 0 Å². The molecule has 2 amide bonds. The van der Waals surface area contributed by atoms with Crippen molar-refractivity contribution in [3.8, 4) is 156 Å². The first kappa shape index (κ1) is 88.8. The van der Waals surface area contributed by atoms with Crippen molar-refractivity contribution in [3.05, 3.63) is 394 Å². The molecule has 638 valence electrons. The number of hydrogen-bond donors (Lipinski definition) is 2. The van der Waals surface area contributed by atoms with Gasteiger partial charge in [-0.3, -0.25) is 9.59 Å². The molecule has 0 spiro atoms. The van der Waals surface area contributed by atoms with E-state index in [-0.39, 0.29) is 32.5 Å². The number of amides is 2. The average molecular weight is 1800 g/mol. The second-order valence-electron chi connectivity index (χ2n) is 40.6. The predicted molar refractivity (Wildman–Crippen MR) is 554 cm³/mol. The van der Waals surface area contributed by atoms with E-state index < -0.39 is 11.8 Å². The first-order valence-corrected chi connectivity index (χ1v) is 46.3. The van der Waals surface area contributed by atoms with Crippen molar-refractivity contribution in [2.24, 2.45) is 0 Å². The van der Waals surface area contributed by atoms with E-state index in [1.165, 1.54) is 22.3 Å². The Morgan fingerprint density at radius 3 is 0.562 bits per heavy atom. The summed E-state index contributed by atoms with van der Waals surface area (Å²) < 4.78 is 1.13. The third-order valence-corrected chi connectivity index (χ3v) is 26.4. The Hall–Kier alpha value is -12.6. The van der Waals surface area contributed by atoms with Crippen LogP contribution in [0, 0.1) is 0 Å². The fraction of sp³-hybridized carbons (Fsp3) is 0.197. The third kappa shape index (κ3) is 19.5. The van der Waals surface area contributed by atoms with Crippen molar-refractivity contribution in [2.75, 3.05) is 10.6 Å². The molecule has 2 N–H and O–H groups in total. The number of rotatable bonds is 16. The molecule has 0 heterocycles. The minimum Gasteiger partial charge on any atom is -0.317 e. The molecule has 16 aromatic rings. The highest BCUT2D eigenvalue weighted by Gasteiger charge is 2.30. The SMILES string of the molecule is CC(C)(C)c1ccc(-c2ccc(-c3cc(-c4ccccc4)cc(-c4ccc(-c5ccc(C(C)(C)C)cc5)cc4)c3-c3cc(Br)c(NC(=O)C(=O)Nc4c(-c5ccc(C(C)(C)C)cc5)cc(-c5c(-c6ccc(-c7ccc(C(C)(C)C)cc7)cc6)cc(-c6ccccc6)cc5-c5ccc(-c6ccc(C(C)(C)C)cc6)cc5)cc4-c4ccc(C(C)(C)C)cc4)c(Br)c3)cc2)cc1. The van der Waals surface area contributed by atoms with Gasteiger partial charge < -0.3 is 10.6 Å². The lowest BCUT2D eigenvalue weighted by molar-refractivity contribution is -0.133. The first-order chi connectivity index (χ1) is 60.8. The normalized spacial score (nSPS) is 12.1. The highest BCUT2D eigenvalue weighted by molar-refractivity contribution is 9.11. The first-order valence-electron chi connectivity index (χ1n) is 44.7. The van der Waals surface area contributed by atoms with Gasteiger partial charge in [-0.25, -0.2) is 0 Å². The maximum atomic E-state index is 15.9. The summed E-state index contributed by atoms with van der Waals surface area (Å²) in [5.41, 5.74) is 36.5. The van der Waals surface area contributed by atoms with Gasteiger partial charge in [0.05, 0.1) is 11.4 Å². The van der Waals surface area contributed by atoms with Crippen LogP contribution in [0.5, 0.6) is 0 Å². The summed E-state index contributed by atoms with van der Waals surface area (Å²) in [6.45, 7) is 40.4. The van der Waals surface area contributed by atoms with Gasteiger partial charge in [-0.1, -0.05) is 428 Å². The summed E-state index contributed by atoms with van der Waals surface area (Å²) in [7, 11) is 0. The molecular weight excluding hydrogens is 1690 g/mol. The Morgan fingerprint density at radius 1 is 0.180 bits per heavy atom. The lowest BCUT2D eigenvalue weighted by Crippen LogP contribution is -2.30. The maximum Gasteiger partial charge on any atom is 0.314 e. The molecule has 6 heteroatoms. The second-order valence-corrected chi connectivity index (χ2v) is 42.3. The van der Waals surface area contributed by atoms with Crippen LogP contribution in [0.1, 0.15) is 158 Å². The fourth-order valence-electron chi connectivity index (χ4n) is 17.3. The molecule has 0 aliphatic rings. The van der Waals surface area contributed by atoms with Crippen LogP contribution in [-0.4, -0.2) is 11.8 Å². The molecule has 0 aliphatic carbocycles. The molecule has 4 nitrogen and oxygen atoms in total. The van der Waals surface area contributed by atoms with Crippen LogP contribution >= 0.6 is 31.9 Å². The second kappa shape index (κ2) is 35.6. The predicted octanol–water partition coefficient (Wildman–Crippen LogP) is 34.9. The Balaban J connectivity index is 0.849. The van der Waals surface area contributed by atoms with Crippen molar-refractivity contribution in [3.63, 3.8) is 0 Å². The van der Waals surface area contributed by atoms with Gasteiger partial charge in [0.1, 0.15) is 0 Å². The summed E-state index contributed by atoms with van der Waals surface area (Å²) >= 11 is 8.08. The van der Waals surface area contributed by atoms with Gasteiger partial charge in [0.2, 0.25) is 0 Å². The summed E-state index contributed by atoms with van der Waals surface area (Å²) in [5.74, 6) is -1.71. The van der Waals surface area contributed by atoms with Gasteiger partial charge in [0.15, 0.2) is 0 Å². The molecule has 0 radical (unpaired) electrons. The molecule has 128 heavy (non-hydrogen) atoms. The minimum atomic E-state index is -0.857. The number of nitrogens with one attached hydrogen (secondary N) is 2. The van der Waals surface area contributed by atoms with E-state index in [0.717, 1.165) is 167 Å². The van der Waals surface area contributed by atoms with E-state index in [9.17, 15) is 0 Å². The van der Waals surface area contributed by atoms with E-state index in [0.29, 0.717) is 20.3 Å². The molecular formula is C122H114Br2N2O2. The van der Waals surface area contributed by atoms with Crippen LogP contribution in [0.4, 0.5) is 11.4 Å². The van der Waals surface area contributed by atoms with Crippen molar-refractivity contribution >= 4 is 55.0 Å².